The summed E-state index contributed by atoms with van der Waals surface area (Å²) in [5.41, 5.74) is 0.531. The summed E-state index contributed by atoms with van der Waals surface area (Å²) in [4.78, 5) is 0. The van der Waals surface area contributed by atoms with Crippen LogP contribution in [0.5, 0.6) is 5.75 Å². The maximum absolute atomic E-state index is 9.41. The van der Waals surface area contributed by atoms with E-state index in [1.54, 1.807) is 0 Å². The largest absolute Gasteiger partial charge is 0.494 e. The molecule has 0 radical (unpaired) electrons. The van der Waals surface area contributed by atoms with Crippen LogP contribution in [0.15, 0.2) is 24.3 Å². The van der Waals surface area contributed by atoms with E-state index in [-0.39, 0.29) is 6.61 Å². The zero-order valence-corrected chi connectivity index (χ0v) is 9.58. The fourth-order valence-corrected chi connectivity index (χ4v) is 1.50. The minimum Gasteiger partial charge on any atom is -0.494 e. The van der Waals surface area contributed by atoms with E-state index in [2.05, 4.69) is 5.32 Å². The standard InChI is InChI=1S/C12H19NO2/c1-4-15-11-8-6-5-7-10(11)12(2,9-14)13-3/h5-8,13-14H,4,9H2,1-3H3. The maximum Gasteiger partial charge on any atom is 0.124 e. The van der Waals surface area contributed by atoms with Crippen LogP contribution in [0.3, 0.4) is 0 Å². The molecule has 0 amide bonds. The van der Waals surface area contributed by atoms with Gasteiger partial charge in [-0.25, -0.2) is 0 Å². The van der Waals surface area contributed by atoms with E-state index in [9.17, 15) is 5.11 Å². The minimum absolute atomic E-state index is 0.0353. The first-order chi connectivity index (χ1) is 7.18. The van der Waals surface area contributed by atoms with Crippen LogP contribution in [0.1, 0.15) is 19.4 Å². The summed E-state index contributed by atoms with van der Waals surface area (Å²) >= 11 is 0. The van der Waals surface area contributed by atoms with Gasteiger partial charge in [-0.05, 0) is 27.0 Å². The lowest BCUT2D eigenvalue weighted by Gasteiger charge is -2.29. The summed E-state index contributed by atoms with van der Waals surface area (Å²) in [7, 11) is 1.83. The van der Waals surface area contributed by atoms with Gasteiger partial charge in [0.25, 0.3) is 0 Å². The van der Waals surface area contributed by atoms with Gasteiger partial charge in [-0.1, -0.05) is 18.2 Å². The predicted molar refractivity (Wildman–Crippen MR) is 61.1 cm³/mol. The number of aliphatic hydroxyl groups excluding tert-OH is 1. The molecule has 0 aliphatic carbocycles. The van der Waals surface area contributed by atoms with Gasteiger partial charge in [-0.15, -0.1) is 0 Å². The number of nitrogens with one attached hydrogen (secondary N) is 1. The third kappa shape index (κ3) is 2.49. The molecule has 3 heteroatoms. The minimum atomic E-state index is -0.453. The Morgan fingerprint density at radius 1 is 1.40 bits per heavy atom. The smallest absolute Gasteiger partial charge is 0.124 e. The predicted octanol–water partition coefficient (Wildman–Crippen LogP) is 1.51. The Morgan fingerprint density at radius 2 is 2.07 bits per heavy atom. The molecule has 84 valence electrons. The SMILES string of the molecule is CCOc1ccccc1C(C)(CO)NC. The molecule has 3 nitrogen and oxygen atoms in total. The van der Waals surface area contributed by atoms with Crippen molar-refractivity contribution in [1.82, 2.24) is 5.32 Å². The molecule has 1 atom stereocenters. The average molecular weight is 209 g/mol. The number of rotatable bonds is 5. The van der Waals surface area contributed by atoms with Crippen LogP contribution in [-0.2, 0) is 5.54 Å². The fourth-order valence-electron chi connectivity index (χ4n) is 1.50. The average Bonchev–Trinajstić information content (AvgIpc) is 2.29. The van der Waals surface area contributed by atoms with Crippen molar-refractivity contribution in [3.8, 4) is 5.75 Å². The Balaban J connectivity index is 3.10. The highest BCUT2D eigenvalue weighted by molar-refractivity contribution is 5.38. The molecule has 0 aliphatic heterocycles. The van der Waals surface area contributed by atoms with E-state index in [0.29, 0.717) is 6.61 Å². The van der Waals surface area contributed by atoms with Crippen molar-refractivity contribution in [3.05, 3.63) is 29.8 Å². The quantitative estimate of drug-likeness (QED) is 0.772. The molecule has 1 rings (SSSR count). The highest BCUT2D eigenvalue weighted by Gasteiger charge is 2.26. The molecular weight excluding hydrogens is 190 g/mol. The lowest BCUT2D eigenvalue weighted by molar-refractivity contribution is 0.178. The number of benzene rings is 1. The third-order valence-corrected chi connectivity index (χ3v) is 2.65. The molecule has 2 N–H and O–H groups in total. The Hall–Kier alpha value is -1.06. The van der Waals surface area contributed by atoms with E-state index in [1.165, 1.54) is 0 Å². The van der Waals surface area contributed by atoms with Gasteiger partial charge in [0.2, 0.25) is 0 Å². The summed E-state index contributed by atoms with van der Waals surface area (Å²) in [6.45, 7) is 4.56. The van der Waals surface area contributed by atoms with E-state index in [4.69, 9.17) is 4.74 Å². The molecule has 0 saturated heterocycles. The number of likely N-dealkylation sites (N-methyl/N-ethyl adjacent to an activating group) is 1. The Bertz CT molecular complexity index is 308. The highest BCUT2D eigenvalue weighted by Crippen LogP contribution is 2.29. The van der Waals surface area contributed by atoms with Gasteiger partial charge in [0.1, 0.15) is 5.75 Å². The zero-order valence-electron chi connectivity index (χ0n) is 9.58. The van der Waals surface area contributed by atoms with E-state index in [0.717, 1.165) is 11.3 Å². The molecule has 0 aliphatic rings. The molecule has 0 spiro atoms. The molecule has 0 aromatic heterocycles. The van der Waals surface area contributed by atoms with Crippen molar-refractivity contribution < 1.29 is 9.84 Å². The topological polar surface area (TPSA) is 41.5 Å². The van der Waals surface area contributed by atoms with Gasteiger partial charge < -0.3 is 15.2 Å². The first-order valence-electron chi connectivity index (χ1n) is 5.20. The first-order valence-corrected chi connectivity index (χ1v) is 5.20. The second kappa shape index (κ2) is 5.14. The Labute approximate surface area is 91.1 Å². The van der Waals surface area contributed by atoms with Crippen LogP contribution in [0.25, 0.3) is 0 Å². The summed E-state index contributed by atoms with van der Waals surface area (Å²) in [6, 6.07) is 7.77. The van der Waals surface area contributed by atoms with Crippen LogP contribution in [0, 0.1) is 0 Å². The second-order valence-corrected chi connectivity index (χ2v) is 3.67. The highest BCUT2D eigenvalue weighted by atomic mass is 16.5. The number of hydrogen-bond donors (Lipinski definition) is 2. The van der Waals surface area contributed by atoms with Crippen LogP contribution in [-0.4, -0.2) is 25.4 Å². The van der Waals surface area contributed by atoms with Gasteiger partial charge in [-0.2, -0.15) is 0 Å². The Morgan fingerprint density at radius 3 is 2.60 bits per heavy atom. The van der Waals surface area contributed by atoms with Crippen molar-refractivity contribution >= 4 is 0 Å². The number of hydrogen-bond acceptors (Lipinski definition) is 3. The van der Waals surface area contributed by atoms with Gasteiger partial charge >= 0.3 is 0 Å². The van der Waals surface area contributed by atoms with Gasteiger partial charge in [0.15, 0.2) is 0 Å². The molecule has 0 heterocycles. The molecule has 1 aromatic rings. The molecule has 1 unspecified atom stereocenters. The number of para-hydroxylation sites is 1. The van der Waals surface area contributed by atoms with Crippen LogP contribution < -0.4 is 10.1 Å². The maximum atomic E-state index is 9.41. The summed E-state index contributed by atoms with van der Waals surface area (Å²) in [5, 5.41) is 12.5. The molecule has 0 bridgehead atoms. The summed E-state index contributed by atoms with van der Waals surface area (Å²) in [5.74, 6) is 0.825. The van der Waals surface area contributed by atoms with Gasteiger partial charge in [0, 0.05) is 5.56 Å². The van der Waals surface area contributed by atoms with Crippen LogP contribution in [0.2, 0.25) is 0 Å². The lowest BCUT2D eigenvalue weighted by Crippen LogP contribution is -2.40. The number of aliphatic hydroxyl groups is 1. The zero-order chi connectivity index (χ0) is 11.3. The van der Waals surface area contributed by atoms with Crippen molar-refractivity contribution in [2.24, 2.45) is 0 Å². The monoisotopic (exact) mass is 209 g/mol. The van der Waals surface area contributed by atoms with E-state index >= 15 is 0 Å². The summed E-state index contributed by atoms with van der Waals surface area (Å²) in [6.07, 6.45) is 0. The van der Waals surface area contributed by atoms with E-state index < -0.39 is 5.54 Å². The Kier molecular flexibility index (Phi) is 4.12. The summed E-state index contributed by atoms with van der Waals surface area (Å²) < 4.78 is 5.54. The van der Waals surface area contributed by atoms with Gasteiger partial charge in [-0.3, -0.25) is 0 Å². The van der Waals surface area contributed by atoms with Crippen molar-refractivity contribution in [2.75, 3.05) is 20.3 Å². The number of ether oxygens (including phenoxy) is 1. The van der Waals surface area contributed by atoms with Crippen LogP contribution >= 0.6 is 0 Å². The molecule has 15 heavy (non-hydrogen) atoms. The fraction of sp³-hybridized carbons (Fsp3) is 0.500. The molecule has 0 saturated carbocycles. The molecule has 0 fully saturated rings. The van der Waals surface area contributed by atoms with E-state index in [1.807, 2.05) is 45.2 Å². The van der Waals surface area contributed by atoms with Crippen LogP contribution in [0.4, 0.5) is 0 Å². The third-order valence-electron chi connectivity index (χ3n) is 2.65. The molecular formula is C12H19NO2. The van der Waals surface area contributed by atoms with Crippen molar-refractivity contribution in [2.45, 2.75) is 19.4 Å². The second-order valence-electron chi connectivity index (χ2n) is 3.67. The molecule has 1 aromatic carbocycles. The lowest BCUT2D eigenvalue weighted by atomic mass is 9.92. The normalized spacial score (nSPS) is 14.7. The van der Waals surface area contributed by atoms with Gasteiger partial charge in [0.05, 0.1) is 18.8 Å². The first kappa shape index (κ1) is 12.0. The van der Waals surface area contributed by atoms with Crippen molar-refractivity contribution in [1.29, 1.82) is 0 Å². The van der Waals surface area contributed by atoms with Crippen molar-refractivity contribution in [3.63, 3.8) is 0 Å².